The molecule has 0 amide bonds. The van der Waals surface area contributed by atoms with Gasteiger partial charge >= 0.3 is 0 Å². The molecular weight excluding hydrogens is 186 g/mol. The van der Waals surface area contributed by atoms with Crippen LogP contribution in [-0.4, -0.2) is 21.1 Å². The zero-order valence-corrected chi connectivity index (χ0v) is 8.22. The SMILES string of the molecule is OCc1coc(CC2CCCS2)n1. The first-order valence-corrected chi connectivity index (χ1v) is 5.59. The lowest BCUT2D eigenvalue weighted by Crippen LogP contribution is -2.02. The average molecular weight is 199 g/mol. The molecule has 2 heterocycles. The summed E-state index contributed by atoms with van der Waals surface area (Å²) < 4.78 is 5.23. The van der Waals surface area contributed by atoms with Gasteiger partial charge in [0.05, 0.1) is 6.61 Å². The number of hydrogen-bond acceptors (Lipinski definition) is 4. The summed E-state index contributed by atoms with van der Waals surface area (Å²) in [6, 6.07) is 0. The van der Waals surface area contributed by atoms with Crippen molar-refractivity contribution in [2.24, 2.45) is 0 Å². The molecule has 1 N–H and O–H groups in total. The van der Waals surface area contributed by atoms with E-state index in [1.165, 1.54) is 24.9 Å². The molecule has 0 aromatic carbocycles. The molecule has 2 rings (SSSR count). The van der Waals surface area contributed by atoms with Gasteiger partial charge in [-0.25, -0.2) is 4.98 Å². The van der Waals surface area contributed by atoms with Crippen LogP contribution in [0.25, 0.3) is 0 Å². The fraction of sp³-hybridized carbons (Fsp3) is 0.667. The molecule has 0 aliphatic carbocycles. The number of aliphatic hydroxyl groups is 1. The van der Waals surface area contributed by atoms with Crippen molar-refractivity contribution in [3.63, 3.8) is 0 Å². The molecule has 1 aliphatic rings. The summed E-state index contributed by atoms with van der Waals surface area (Å²) in [5, 5.41) is 9.46. The van der Waals surface area contributed by atoms with Crippen molar-refractivity contribution in [2.75, 3.05) is 5.75 Å². The van der Waals surface area contributed by atoms with E-state index < -0.39 is 0 Å². The molecule has 0 saturated carbocycles. The topological polar surface area (TPSA) is 46.3 Å². The minimum Gasteiger partial charge on any atom is -0.449 e. The summed E-state index contributed by atoms with van der Waals surface area (Å²) in [4.78, 5) is 4.16. The Kier molecular flexibility index (Phi) is 2.90. The fourth-order valence-electron chi connectivity index (χ4n) is 1.52. The molecule has 1 saturated heterocycles. The average Bonchev–Trinajstić information content (AvgIpc) is 2.76. The third-order valence-corrected chi connectivity index (χ3v) is 3.59. The highest BCUT2D eigenvalue weighted by molar-refractivity contribution is 8.00. The third kappa shape index (κ3) is 2.25. The van der Waals surface area contributed by atoms with E-state index in [-0.39, 0.29) is 6.61 Å². The smallest absolute Gasteiger partial charge is 0.195 e. The molecular formula is C9H13NO2S. The number of nitrogens with zero attached hydrogens (tertiary/aromatic N) is 1. The summed E-state index contributed by atoms with van der Waals surface area (Å²) in [5.41, 5.74) is 0.637. The molecule has 0 radical (unpaired) electrons. The van der Waals surface area contributed by atoms with Crippen molar-refractivity contribution in [2.45, 2.75) is 31.1 Å². The Morgan fingerprint density at radius 2 is 2.62 bits per heavy atom. The van der Waals surface area contributed by atoms with Gasteiger partial charge in [0, 0.05) is 11.7 Å². The maximum absolute atomic E-state index is 8.78. The number of hydrogen-bond donors (Lipinski definition) is 1. The molecule has 1 aliphatic heterocycles. The molecule has 1 aromatic rings. The highest BCUT2D eigenvalue weighted by atomic mass is 32.2. The van der Waals surface area contributed by atoms with Crippen LogP contribution in [0.4, 0.5) is 0 Å². The van der Waals surface area contributed by atoms with E-state index >= 15 is 0 Å². The van der Waals surface area contributed by atoms with Crippen LogP contribution in [0.5, 0.6) is 0 Å². The van der Waals surface area contributed by atoms with Gasteiger partial charge < -0.3 is 9.52 Å². The molecule has 3 nitrogen and oxygen atoms in total. The summed E-state index contributed by atoms with van der Waals surface area (Å²) in [6.45, 7) is -0.0265. The van der Waals surface area contributed by atoms with Gasteiger partial charge in [0.1, 0.15) is 12.0 Å². The Labute approximate surface area is 81.5 Å². The summed E-state index contributed by atoms with van der Waals surface area (Å²) >= 11 is 1.99. The second-order valence-electron chi connectivity index (χ2n) is 3.23. The standard InChI is InChI=1S/C9H13NO2S/c11-5-7-6-12-9(10-7)4-8-2-1-3-13-8/h6,8,11H,1-5H2. The van der Waals surface area contributed by atoms with Crippen molar-refractivity contribution in [3.8, 4) is 0 Å². The normalized spacial score (nSPS) is 22.4. The molecule has 1 atom stereocenters. The molecule has 1 aromatic heterocycles. The minimum absolute atomic E-state index is 0.0265. The van der Waals surface area contributed by atoms with Crippen LogP contribution >= 0.6 is 11.8 Å². The van der Waals surface area contributed by atoms with Gasteiger partial charge in [-0.1, -0.05) is 0 Å². The molecule has 0 bridgehead atoms. The number of rotatable bonds is 3. The van der Waals surface area contributed by atoms with Crippen LogP contribution in [0.2, 0.25) is 0 Å². The van der Waals surface area contributed by atoms with Gasteiger partial charge in [-0.2, -0.15) is 11.8 Å². The maximum atomic E-state index is 8.78. The van der Waals surface area contributed by atoms with Crippen LogP contribution in [-0.2, 0) is 13.0 Å². The number of aromatic nitrogens is 1. The zero-order valence-electron chi connectivity index (χ0n) is 7.40. The Hall–Kier alpha value is -0.480. The Morgan fingerprint density at radius 1 is 1.69 bits per heavy atom. The third-order valence-electron chi connectivity index (χ3n) is 2.19. The van der Waals surface area contributed by atoms with Gasteiger partial charge in [0.15, 0.2) is 5.89 Å². The van der Waals surface area contributed by atoms with Gasteiger partial charge in [-0.05, 0) is 18.6 Å². The Bertz CT molecular complexity index is 268. The van der Waals surface area contributed by atoms with E-state index in [1.807, 2.05) is 11.8 Å². The summed E-state index contributed by atoms with van der Waals surface area (Å²) in [6.07, 6.45) is 5.02. The van der Waals surface area contributed by atoms with Gasteiger partial charge in [-0.3, -0.25) is 0 Å². The number of aliphatic hydroxyl groups excluding tert-OH is 1. The Balaban J connectivity index is 1.92. The van der Waals surface area contributed by atoms with E-state index in [1.54, 1.807) is 0 Å². The van der Waals surface area contributed by atoms with Crippen molar-refractivity contribution in [1.82, 2.24) is 4.98 Å². The fourth-order valence-corrected chi connectivity index (χ4v) is 2.78. The highest BCUT2D eigenvalue weighted by Gasteiger charge is 2.18. The van der Waals surface area contributed by atoms with E-state index in [0.29, 0.717) is 10.9 Å². The van der Waals surface area contributed by atoms with Gasteiger partial charge in [0.2, 0.25) is 0 Å². The second-order valence-corrected chi connectivity index (χ2v) is 4.64. The number of thioether (sulfide) groups is 1. The van der Waals surface area contributed by atoms with E-state index in [2.05, 4.69) is 4.98 Å². The summed E-state index contributed by atoms with van der Waals surface area (Å²) in [7, 11) is 0. The van der Waals surface area contributed by atoms with Crippen LogP contribution in [0, 0.1) is 0 Å². The quantitative estimate of drug-likeness (QED) is 0.803. The summed E-state index contributed by atoms with van der Waals surface area (Å²) in [5.74, 6) is 2.03. The maximum Gasteiger partial charge on any atom is 0.195 e. The van der Waals surface area contributed by atoms with Crippen LogP contribution in [0.15, 0.2) is 10.7 Å². The molecule has 1 fully saturated rings. The van der Waals surface area contributed by atoms with Crippen molar-refractivity contribution >= 4 is 11.8 Å². The first-order valence-electron chi connectivity index (χ1n) is 4.54. The van der Waals surface area contributed by atoms with Crippen molar-refractivity contribution in [3.05, 3.63) is 17.8 Å². The van der Waals surface area contributed by atoms with Crippen molar-refractivity contribution in [1.29, 1.82) is 0 Å². The van der Waals surface area contributed by atoms with Crippen molar-refractivity contribution < 1.29 is 9.52 Å². The van der Waals surface area contributed by atoms with Gasteiger partial charge in [-0.15, -0.1) is 0 Å². The molecule has 72 valence electrons. The van der Waals surface area contributed by atoms with Crippen LogP contribution < -0.4 is 0 Å². The monoisotopic (exact) mass is 199 g/mol. The highest BCUT2D eigenvalue weighted by Crippen LogP contribution is 2.28. The van der Waals surface area contributed by atoms with Crippen LogP contribution in [0.3, 0.4) is 0 Å². The van der Waals surface area contributed by atoms with E-state index in [0.717, 1.165) is 12.3 Å². The lowest BCUT2D eigenvalue weighted by atomic mass is 10.2. The number of oxazole rings is 1. The molecule has 1 unspecified atom stereocenters. The van der Waals surface area contributed by atoms with Gasteiger partial charge in [0.25, 0.3) is 0 Å². The predicted octanol–water partition coefficient (Wildman–Crippen LogP) is 1.60. The molecule has 4 heteroatoms. The first-order chi connectivity index (χ1) is 6.38. The minimum atomic E-state index is -0.0265. The lowest BCUT2D eigenvalue weighted by molar-refractivity contribution is 0.276. The zero-order chi connectivity index (χ0) is 9.10. The first kappa shape index (κ1) is 9.09. The largest absolute Gasteiger partial charge is 0.449 e. The van der Waals surface area contributed by atoms with E-state index in [4.69, 9.17) is 9.52 Å². The second kappa shape index (κ2) is 4.15. The molecule has 13 heavy (non-hydrogen) atoms. The predicted molar refractivity (Wildman–Crippen MR) is 51.6 cm³/mol. The molecule has 0 spiro atoms. The lowest BCUT2D eigenvalue weighted by Gasteiger charge is -2.02. The van der Waals surface area contributed by atoms with Crippen LogP contribution in [0.1, 0.15) is 24.4 Å². The Morgan fingerprint density at radius 3 is 3.23 bits per heavy atom. The van der Waals surface area contributed by atoms with E-state index in [9.17, 15) is 0 Å².